The number of nitrogens with one attached hydrogen (secondary N) is 1. The molecule has 0 saturated carbocycles. The molecule has 3 heterocycles. The first-order valence-electron chi connectivity index (χ1n) is 26.4. The normalized spacial score (nSPS) is 22.9. The summed E-state index contributed by atoms with van der Waals surface area (Å²) in [5, 5.41) is 3.23. The first-order valence-corrected chi connectivity index (χ1v) is 26.4. The Morgan fingerprint density at radius 1 is 0.500 bits per heavy atom. The van der Waals surface area contributed by atoms with E-state index < -0.39 is 73.0 Å². The van der Waals surface area contributed by atoms with Gasteiger partial charge in [0.2, 0.25) is 0 Å². The molecule has 0 spiro atoms. The molecule has 3 aliphatic rings. The zero-order valence-corrected chi connectivity index (χ0v) is 44.6. The fourth-order valence-electron chi connectivity index (χ4n) is 10.3. The fraction of sp³-hybridized carbons (Fsp3) is 0.344. The van der Waals surface area contributed by atoms with Crippen molar-refractivity contribution < 1.29 is 61.7 Å². The lowest BCUT2D eigenvalue weighted by Gasteiger charge is -2.47. The van der Waals surface area contributed by atoms with E-state index in [4.69, 9.17) is 52.1 Å². The highest BCUT2D eigenvalue weighted by molar-refractivity contribution is 5.98. The van der Waals surface area contributed by atoms with Crippen LogP contribution < -0.4 is 5.32 Å². The van der Waals surface area contributed by atoms with Crippen molar-refractivity contribution in [3.63, 3.8) is 0 Å². The molecule has 6 aromatic carbocycles. The lowest BCUT2D eigenvalue weighted by molar-refractivity contribution is -0.343. The Morgan fingerprint density at radius 2 is 0.897 bits per heavy atom. The lowest BCUT2D eigenvalue weighted by atomic mass is 9.78. The van der Waals surface area contributed by atoms with Crippen molar-refractivity contribution in [1.29, 1.82) is 0 Å². The monoisotopic (exact) mass is 1060 g/mol. The number of hydrogen-bond donors (Lipinski definition) is 1. The Labute approximate surface area is 457 Å². The maximum atomic E-state index is 14.2. The largest absolute Gasteiger partial charge is 0.466 e. The van der Waals surface area contributed by atoms with Gasteiger partial charge in [0.1, 0.15) is 42.7 Å². The summed E-state index contributed by atoms with van der Waals surface area (Å²) >= 11 is 0. The van der Waals surface area contributed by atoms with Gasteiger partial charge in [-0.25, -0.2) is 9.59 Å². The van der Waals surface area contributed by atoms with Crippen LogP contribution in [0.3, 0.4) is 0 Å². The van der Waals surface area contributed by atoms with Crippen LogP contribution in [0.15, 0.2) is 205 Å². The Hall–Kier alpha value is -6.82. The number of dihydropyridines is 1. The maximum Gasteiger partial charge on any atom is 0.336 e. The molecule has 9 rings (SSSR count). The van der Waals surface area contributed by atoms with E-state index >= 15 is 0 Å². The van der Waals surface area contributed by atoms with Crippen molar-refractivity contribution in [2.24, 2.45) is 5.92 Å². The molecular weight excluding hydrogens is 991 g/mol. The van der Waals surface area contributed by atoms with Crippen molar-refractivity contribution in [3.05, 3.63) is 238 Å². The summed E-state index contributed by atoms with van der Waals surface area (Å²) < 4.78 is 74.3. The topological polar surface area (TPSA) is 148 Å². The quantitative estimate of drug-likeness (QED) is 0.0543. The average molecular weight is 1060 g/mol. The van der Waals surface area contributed by atoms with Crippen molar-refractivity contribution in [2.45, 2.75) is 109 Å². The predicted molar refractivity (Wildman–Crippen MR) is 291 cm³/mol. The third-order valence-electron chi connectivity index (χ3n) is 14.1. The molecule has 14 nitrogen and oxygen atoms in total. The molecule has 14 heteroatoms. The number of carbonyl (C=O) groups excluding carboxylic acids is 2. The summed E-state index contributed by atoms with van der Waals surface area (Å²) in [6.07, 6.45) is -8.46. The number of rotatable bonds is 25. The van der Waals surface area contributed by atoms with Crippen LogP contribution in [0.1, 0.15) is 47.2 Å². The van der Waals surface area contributed by atoms with E-state index in [0.717, 1.165) is 33.4 Å². The molecule has 9 atom stereocenters. The highest BCUT2D eigenvalue weighted by atomic mass is 16.7. The molecule has 0 unspecified atom stereocenters. The van der Waals surface area contributed by atoms with Crippen LogP contribution in [-0.4, -0.2) is 94.5 Å². The van der Waals surface area contributed by atoms with Gasteiger partial charge in [0.15, 0.2) is 6.29 Å². The highest BCUT2D eigenvalue weighted by Crippen LogP contribution is 2.42. The third-order valence-corrected chi connectivity index (χ3v) is 14.1. The van der Waals surface area contributed by atoms with Gasteiger partial charge < -0.3 is 57.4 Å². The molecule has 78 heavy (non-hydrogen) atoms. The molecule has 0 radical (unpaired) electrons. The molecule has 3 aliphatic heterocycles. The highest BCUT2D eigenvalue weighted by Gasteiger charge is 2.56. The van der Waals surface area contributed by atoms with E-state index in [1.165, 1.54) is 14.2 Å². The number of hydrogen-bond acceptors (Lipinski definition) is 14. The Kier molecular flexibility index (Phi) is 20.2. The molecule has 6 aromatic rings. The minimum absolute atomic E-state index is 0.0352. The zero-order chi connectivity index (χ0) is 54.1. The summed E-state index contributed by atoms with van der Waals surface area (Å²) in [6.45, 7) is 4.82. The van der Waals surface area contributed by atoms with E-state index in [2.05, 4.69) is 5.32 Å². The van der Waals surface area contributed by atoms with Crippen LogP contribution in [-0.2, 0) is 101 Å². The van der Waals surface area contributed by atoms with Gasteiger partial charge >= 0.3 is 11.9 Å². The minimum Gasteiger partial charge on any atom is -0.466 e. The van der Waals surface area contributed by atoms with Crippen LogP contribution >= 0.6 is 0 Å². The Bertz CT molecular complexity index is 2820. The zero-order valence-electron chi connectivity index (χ0n) is 44.6. The maximum absolute atomic E-state index is 14.2. The molecule has 0 amide bonds. The first-order chi connectivity index (χ1) is 38.3. The van der Waals surface area contributed by atoms with Gasteiger partial charge in [0.05, 0.1) is 90.2 Å². The fourth-order valence-corrected chi connectivity index (χ4v) is 10.3. The summed E-state index contributed by atoms with van der Waals surface area (Å²) in [5.41, 5.74) is 6.84. The molecule has 2 saturated heterocycles. The van der Waals surface area contributed by atoms with Crippen LogP contribution in [0.2, 0.25) is 0 Å². The Balaban J connectivity index is 1.16. The number of methoxy groups -OCH3 is 2. The van der Waals surface area contributed by atoms with Gasteiger partial charge in [-0.2, -0.15) is 0 Å². The lowest BCUT2D eigenvalue weighted by Crippen LogP contribution is -2.63. The molecule has 408 valence electrons. The predicted octanol–water partition coefficient (Wildman–Crippen LogP) is 9.75. The number of esters is 2. The van der Waals surface area contributed by atoms with E-state index in [-0.39, 0.29) is 57.4 Å². The molecule has 0 bridgehead atoms. The van der Waals surface area contributed by atoms with E-state index in [0.29, 0.717) is 18.0 Å². The Morgan fingerprint density at radius 3 is 1.35 bits per heavy atom. The average Bonchev–Trinajstić information content (AvgIpc) is 3.93. The second-order valence-corrected chi connectivity index (χ2v) is 19.5. The molecule has 1 N–H and O–H groups in total. The van der Waals surface area contributed by atoms with E-state index in [1.807, 2.05) is 182 Å². The van der Waals surface area contributed by atoms with Gasteiger partial charge in [-0.1, -0.05) is 182 Å². The number of allylic oxidation sites excluding steroid dienone is 2. The van der Waals surface area contributed by atoms with Crippen LogP contribution in [0.5, 0.6) is 0 Å². The van der Waals surface area contributed by atoms with Crippen molar-refractivity contribution >= 4 is 11.9 Å². The summed E-state index contributed by atoms with van der Waals surface area (Å²) in [5.74, 6) is -2.42. The van der Waals surface area contributed by atoms with Crippen LogP contribution in [0, 0.1) is 5.92 Å². The summed E-state index contributed by atoms with van der Waals surface area (Å²) in [7, 11) is 2.61. The summed E-state index contributed by atoms with van der Waals surface area (Å²) in [6, 6.07) is 59.1. The summed E-state index contributed by atoms with van der Waals surface area (Å²) in [4.78, 5) is 28.3. The van der Waals surface area contributed by atoms with Gasteiger partial charge in [-0.05, 0) is 47.2 Å². The smallest absolute Gasteiger partial charge is 0.336 e. The molecule has 0 aliphatic carbocycles. The van der Waals surface area contributed by atoms with Crippen molar-refractivity contribution in [1.82, 2.24) is 5.32 Å². The van der Waals surface area contributed by atoms with Gasteiger partial charge in [0.25, 0.3) is 0 Å². The second kappa shape index (κ2) is 28.2. The molecular formula is C64H69NO13. The van der Waals surface area contributed by atoms with Crippen molar-refractivity contribution in [2.75, 3.05) is 27.4 Å². The number of carbonyl (C=O) groups is 2. The first kappa shape index (κ1) is 55.9. The molecule has 0 aromatic heterocycles. The van der Waals surface area contributed by atoms with Gasteiger partial charge in [-0.15, -0.1) is 0 Å². The minimum atomic E-state index is -1.20. The van der Waals surface area contributed by atoms with Crippen molar-refractivity contribution in [3.8, 4) is 0 Å². The van der Waals surface area contributed by atoms with Crippen LogP contribution in [0.25, 0.3) is 0 Å². The standard InChI is InChI=1S/C64H69NO13/c1-43-53(62(66)68-3)55(54(44(2)65-43)63(67)69-4)58(73-38-48-29-17-8-18-30-48)60-57(51(42-76-60)71-36-46-25-13-6-14-26-46)78-64-61(75-40-50-33-21-10-22-34-50)59(74-39-49-31-19-9-20-32-49)56(72-37-47-27-15-7-16-28-47)52(77-64)41-70-35-45-23-11-5-12-24-45/h5-34,51-52,55-61,64-65H,35-42H2,1-4H3/t51-,52+,56-,57+,58+,59-,60+,61+,64-/m0/s1. The van der Waals surface area contributed by atoms with Gasteiger partial charge in [-0.3, -0.25) is 0 Å². The number of benzene rings is 6. The van der Waals surface area contributed by atoms with Crippen LogP contribution in [0.4, 0.5) is 0 Å². The SMILES string of the molecule is COC(=O)C1=C(C)NC(C)=C(C(=O)OC)C1[C@@H](OCc1ccccc1)[C@@H]1OC[C@H](OCc2ccccc2)[C@H]1O[C@@H]1O[C@H](COCc2ccccc2)[C@H](OCc2ccccc2)[C@H](OCc2ccccc2)[C@H]1OCc1ccccc1. The van der Waals surface area contributed by atoms with E-state index in [1.54, 1.807) is 13.8 Å². The van der Waals surface area contributed by atoms with E-state index in [9.17, 15) is 9.59 Å². The molecule has 2 fully saturated rings. The number of ether oxygens (including phenoxy) is 11. The van der Waals surface area contributed by atoms with Gasteiger partial charge in [0, 0.05) is 11.4 Å². The third kappa shape index (κ3) is 14.5. The second-order valence-electron chi connectivity index (χ2n) is 19.5.